The van der Waals surface area contributed by atoms with Crippen LogP contribution in [0.15, 0.2) is 71.3 Å². The van der Waals surface area contributed by atoms with E-state index in [0.29, 0.717) is 35.7 Å². The highest BCUT2D eigenvalue weighted by Gasteiger charge is 2.16. The Morgan fingerprint density at radius 1 is 1.00 bits per heavy atom. The number of halogens is 1. The molecule has 3 aromatic rings. The highest BCUT2D eigenvalue weighted by atomic mass is 79.9. The van der Waals surface area contributed by atoms with Gasteiger partial charge in [0.1, 0.15) is 11.3 Å². The molecule has 0 aliphatic rings. The lowest BCUT2D eigenvalue weighted by atomic mass is 10.1. The van der Waals surface area contributed by atoms with E-state index in [1.165, 1.54) is 0 Å². The number of pyridine rings is 1. The van der Waals surface area contributed by atoms with Crippen LogP contribution in [0.2, 0.25) is 0 Å². The first kappa shape index (κ1) is 21.5. The fraction of sp³-hybridized carbons (Fsp3) is 0.174. The number of carbonyl (C=O) groups is 2. The van der Waals surface area contributed by atoms with Crippen LogP contribution in [0.3, 0.4) is 0 Å². The number of carbonyl (C=O) groups excluding carboxylic acids is 2. The summed E-state index contributed by atoms with van der Waals surface area (Å²) in [4.78, 5) is 31.1. The number of nitrogens with zero attached hydrogens (tertiary/aromatic N) is 2. The molecule has 0 aliphatic heterocycles. The van der Waals surface area contributed by atoms with E-state index in [4.69, 9.17) is 4.74 Å². The van der Waals surface area contributed by atoms with E-state index in [1.54, 1.807) is 59.6 Å². The molecule has 6 nitrogen and oxygen atoms in total. The summed E-state index contributed by atoms with van der Waals surface area (Å²) in [5.74, 6) is 0.407. The molecule has 1 N–H and O–H groups in total. The lowest BCUT2D eigenvalue weighted by Gasteiger charge is -2.18. The summed E-state index contributed by atoms with van der Waals surface area (Å²) in [5, 5.41) is 2.83. The minimum Gasteiger partial charge on any atom is -0.438 e. The maximum absolute atomic E-state index is 12.8. The largest absolute Gasteiger partial charge is 0.438 e. The number of hydrogen-bond acceptors (Lipinski definition) is 4. The van der Waals surface area contributed by atoms with Crippen molar-refractivity contribution in [3.05, 3.63) is 82.5 Å². The quantitative estimate of drug-likeness (QED) is 0.506. The van der Waals surface area contributed by atoms with Crippen molar-refractivity contribution in [2.75, 3.05) is 18.4 Å². The molecule has 3 rings (SSSR count). The Balaban J connectivity index is 1.73. The Labute approximate surface area is 184 Å². The van der Waals surface area contributed by atoms with Gasteiger partial charge in [-0.2, -0.15) is 0 Å². The summed E-state index contributed by atoms with van der Waals surface area (Å²) >= 11 is 3.38. The average Bonchev–Trinajstić information content (AvgIpc) is 2.77. The van der Waals surface area contributed by atoms with Crippen molar-refractivity contribution in [1.82, 2.24) is 9.88 Å². The third-order valence-corrected chi connectivity index (χ3v) is 5.01. The average molecular weight is 468 g/mol. The summed E-state index contributed by atoms with van der Waals surface area (Å²) in [7, 11) is 0. The van der Waals surface area contributed by atoms with Gasteiger partial charge in [0, 0.05) is 35.0 Å². The second-order valence-corrected chi connectivity index (χ2v) is 7.34. The van der Waals surface area contributed by atoms with Gasteiger partial charge in [-0.15, -0.1) is 0 Å². The van der Waals surface area contributed by atoms with Gasteiger partial charge in [-0.25, -0.2) is 4.98 Å². The SMILES string of the molecule is CCN(CC)C(=O)c1ccc(NC(=O)c2cccnc2Oc2ccc(Br)cc2)cc1. The standard InChI is InChI=1S/C23H22BrN3O3/c1-3-27(4-2)23(29)16-7-11-18(12-8-16)26-21(28)20-6-5-15-25-22(20)30-19-13-9-17(24)10-14-19/h5-15H,3-4H2,1-2H3,(H,26,28). The van der Waals surface area contributed by atoms with E-state index in [2.05, 4.69) is 26.2 Å². The van der Waals surface area contributed by atoms with Gasteiger partial charge in [0.15, 0.2) is 0 Å². The van der Waals surface area contributed by atoms with E-state index < -0.39 is 0 Å². The number of benzene rings is 2. The molecular weight excluding hydrogens is 446 g/mol. The molecule has 0 fully saturated rings. The topological polar surface area (TPSA) is 71.5 Å². The first-order valence-corrected chi connectivity index (χ1v) is 10.4. The smallest absolute Gasteiger partial charge is 0.261 e. The first-order valence-electron chi connectivity index (χ1n) is 9.61. The van der Waals surface area contributed by atoms with Crippen LogP contribution in [-0.4, -0.2) is 34.8 Å². The summed E-state index contributed by atoms with van der Waals surface area (Å²) in [6.07, 6.45) is 1.57. The molecule has 0 aliphatic carbocycles. The van der Waals surface area contributed by atoms with Gasteiger partial charge < -0.3 is 15.0 Å². The second kappa shape index (κ2) is 10.0. The van der Waals surface area contributed by atoms with Crippen LogP contribution in [0, 0.1) is 0 Å². The minimum absolute atomic E-state index is 0.0321. The number of ether oxygens (including phenoxy) is 1. The zero-order valence-corrected chi connectivity index (χ0v) is 18.3. The van der Waals surface area contributed by atoms with Crippen molar-refractivity contribution in [3.63, 3.8) is 0 Å². The molecule has 0 unspecified atom stereocenters. The predicted molar refractivity (Wildman–Crippen MR) is 120 cm³/mol. The van der Waals surface area contributed by atoms with Crippen LogP contribution in [-0.2, 0) is 0 Å². The monoisotopic (exact) mass is 467 g/mol. The van der Waals surface area contributed by atoms with Gasteiger partial charge in [-0.3, -0.25) is 9.59 Å². The lowest BCUT2D eigenvalue weighted by Crippen LogP contribution is -2.30. The number of nitrogens with one attached hydrogen (secondary N) is 1. The fourth-order valence-corrected chi connectivity index (χ4v) is 3.11. The molecular formula is C23H22BrN3O3. The molecule has 7 heteroatoms. The maximum Gasteiger partial charge on any atom is 0.261 e. The van der Waals surface area contributed by atoms with Crippen molar-refractivity contribution in [2.24, 2.45) is 0 Å². The zero-order valence-electron chi connectivity index (χ0n) is 16.8. The Morgan fingerprint density at radius 3 is 2.30 bits per heavy atom. The molecule has 30 heavy (non-hydrogen) atoms. The van der Waals surface area contributed by atoms with Crippen molar-refractivity contribution >= 4 is 33.4 Å². The number of hydrogen-bond donors (Lipinski definition) is 1. The molecule has 2 aromatic carbocycles. The maximum atomic E-state index is 12.8. The summed E-state index contributed by atoms with van der Waals surface area (Å²) in [6, 6.07) is 17.4. The van der Waals surface area contributed by atoms with E-state index in [-0.39, 0.29) is 17.7 Å². The Bertz CT molecular complexity index is 1020. The highest BCUT2D eigenvalue weighted by molar-refractivity contribution is 9.10. The number of aromatic nitrogens is 1. The molecule has 0 bridgehead atoms. The molecule has 0 spiro atoms. The van der Waals surface area contributed by atoms with Crippen molar-refractivity contribution in [2.45, 2.75) is 13.8 Å². The summed E-state index contributed by atoms with van der Waals surface area (Å²) in [6.45, 7) is 5.18. The van der Waals surface area contributed by atoms with Crippen LogP contribution in [0.25, 0.3) is 0 Å². The van der Waals surface area contributed by atoms with Crippen LogP contribution < -0.4 is 10.1 Å². The zero-order chi connectivity index (χ0) is 21.5. The number of amides is 2. The Morgan fingerprint density at radius 2 is 1.67 bits per heavy atom. The van der Waals surface area contributed by atoms with Crippen LogP contribution in [0.5, 0.6) is 11.6 Å². The number of anilines is 1. The van der Waals surface area contributed by atoms with Crippen LogP contribution in [0.1, 0.15) is 34.6 Å². The molecule has 154 valence electrons. The van der Waals surface area contributed by atoms with Gasteiger partial charge in [0.25, 0.3) is 11.8 Å². The van der Waals surface area contributed by atoms with Crippen molar-refractivity contribution < 1.29 is 14.3 Å². The molecule has 0 saturated heterocycles. The molecule has 1 heterocycles. The minimum atomic E-state index is -0.349. The Hall–Kier alpha value is -3.19. The predicted octanol–water partition coefficient (Wildman–Crippen LogP) is 5.37. The fourth-order valence-electron chi connectivity index (χ4n) is 2.85. The normalized spacial score (nSPS) is 10.4. The molecule has 0 saturated carbocycles. The summed E-state index contributed by atoms with van der Waals surface area (Å²) < 4.78 is 6.71. The van der Waals surface area contributed by atoms with Gasteiger partial charge in [-0.1, -0.05) is 15.9 Å². The van der Waals surface area contributed by atoms with Gasteiger partial charge in [-0.05, 0) is 74.5 Å². The molecule has 0 atom stereocenters. The van der Waals surface area contributed by atoms with Gasteiger partial charge >= 0.3 is 0 Å². The third kappa shape index (κ3) is 5.24. The van der Waals surface area contributed by atoms with E-state index in [1.807, 2.05) is 26.0 Å². The van der Waals surface area contributed by atoms with Crippen LogP contribution >= 0.6 is 15.9 Å². The summed E-state index contributed by atoms with van der Waals surface area (Å²) in [5.41, 5.74) is 1.47. The first-order chi connectivity index (χ1) is 14.5. The van der Waals surface area contributed by atoms with Gasteiger partial charge in [0.05, 0.1) is 0 Å². The number of rotatable bonds is 7. The van der Waals surface area contributed by atoms with Crippen molar-refractivity contribution in [3.8, 4) is 11.6 Å². The molecule has 0 radical (unpaired) electrons. The van der Waals surface area contributed by atoms with Crippen LogP contribution in [0.4, 0.5) is 5.69 Å². The van der Waals surface area contributed by atoms with E-state index in [0.717, 1.165) is 4.47 Å². The second-order valence-electron chi connectivity index (χ2n) is 6.42. The third-order valence-electron chi connectivity index (χ3n) is 4.48. The van der Waals surface area contributed by atoms with E-state index >= 15 is 0 Å². The lowest BCUT2D eigenvalue weighted by molar-refractivity contribution is 0.0773. The molecule has 1 aromatic heterocycles. The van der Waals surface area contributed by atoms with E-state index in [9.17, 15) is 9.59 Å². The van der Waals surface area contributed by atoms with Gasteiger partial charge in [0.2, 0.25) is 5.88 Å². The molecule has 2 amide bonds. The van der Waals surface area contributed by atoms with Crippen molar-refractivity contribution in [1.29, 1.82) is 0 Å². The highest BCUT2D eigenvalue weighted by Crippen LogP contribution is 2.25. The Kier molecular flexibility index (Phi) is 7.19.